The number of nitrogens with one attached hydrogen (secondary N) is 2. The number of rotatable bonds is 2. The Kier molecular flexibility index (Phi) is 3.86. The predicted molar refractivity (Wildman–Crippen MR) is 74.0 cm³/mol. The highest BCUT2D eigenvalue weighted by Gasteiger charge is 2.21. The zero-order chi connectivity index (χ0) is 14.0. The molecule has 0 saturated carbocycles. The Balaban J connectivity index is 2.07. The lowest BCUT2D eigenvalue weighted by molar-refractivity contribution is 0.177. The maximum absolute atomic E-state index is 12.0. The van der Waals surface area contributed by atoms with Gasteiger partial charge in [-0.1, -0.05) is 20.8 Å². The van der Waals surface area contributed by atoms with E-state index in [1.807, 2.05) is 25.8 Å². The molecule has 1 aromatic heterocycles. The molecule has 0 unspecified atom stereocenters. The summed E-state index contributed by atoms with van der Waals surface area (Å²) in [6, 6.07) is 0. The van der Waals surface area contributed by atoms with Crippen molar-refractivity contribution in [1.82, 2.24) is 25.1 Å². The zero-order valence-corrected chi connectivity index (χ0v) is 12.0. The Bertz CT molecular complexity index is 484. The van der Waals surface area contributed by atoms with Crippen LogP contribution in [0.3, 0.4) is 0 Å². The van der Waals surface area contributed by atoms with Crippen molar-refractivity contribution in [2.75, 3.05) is 38.7 Å². The quantitative estimate of drug-likeness (QED) is 0.787. The van der Waals surface area contributed by atoms with E-state index in [9.17, 15) is 4.79 Å². The molecule has 1 saturated heterocycles. The van der Waals surface area contributed by atoms with Gasteiger partial charge in [0.05, 0.1) is 0 Å². The molecule has 1 aromatic rings. The van der Waals surface area contributed by atoms with Crippen LogP contribution in [0.25, 0.3) is 0 Å². The number of anilines is 1. The van der Waals surface area contributed by atoms with Gasteiger partial charge in [0, 0.05) is 31.6 Å². The Morgan fingerprint density at radius 2 is 1.79 bits per heavy atom. The summed E-state index contributed by atoms with van der Waals surface area (Å²) in [7, 11) is 2.09. The number of H-pyrrole nitrogens is 1. The van der Waals surface area contributed by atoms with E-state index in [0.717, 1.165) is 26.2 Å². The molecular weight excluding hydrogens is 244 g/mol. The van der Waals surface area contributed by atoms with Crippen molar-refractivity contribution in [2.24, 2.45) is 0 Å². The van der Waals surface area contributed by atoms with Gasteiger partial charge in [0.1, 0.15) is 5.69 Å². The van der Waals surface area contributed by atoms with Crippen LogP contribution >= 0.6 is 0 Å². The summed E-state index contributed by atoms with van der Waals surface area (Å²) < 4.78 is 0. The average Bonchev–Trinajstić information content (AvgIpc) is 2.30. The third kappa shape index (κ3) is 3.51. The van der Waals surface area contributed by atoms with Gasteiger partial charge in [-0.25, -0.2) is 5.01 Å². The topological polar surface area (TPSA) is 77.2 Å². The molecule has 7 nitrogen and oxygen atoms in total. The number of likely N-dealkylation sites (N-methyl/N-ethyl adjacent to an activating group) is 1. The summed E-state index contributed by atoms with van der Waals surface area (Å²) in [4.78, 5) is 17.0. The minimum Gasteiger partial charge on any atom is -0.304 e. The van der Waals surface area contributed by atoms with Gasteiger partial charge in [-0.3, -0.25) is 15.2 Å². The molecule has 0 radical (unpaired) electrons. The summed E-state index contributed by atoms with van der Waals surface area (Å²) in [5.74, 6) is 0.405. The molecular formula is C12H22N6O. The fraction of sp³-hybridized carbons (Fsp3) is 0.750. The number of aromatic amines is 1. The van der Waals surface area contributed by atoms with Crippen molar-refractivity contribution < 1.29 is 0 Å². The van der Waals surface area contributed by atoms with E-state index in [2.05, 4.69) is 32.6 Å². The largest absolute Gasteiger partial charge is 0.304 e. The van der Waals surface area contributed by atoms with E-state index in [-0.39, 0.29) is 11.0 Å². The molecule has 0 aromatic carbocycles. The Morgan fingerprint density at radius 1 is 1.16 bits per heavy atom. The third-order valence-corrected chi connectivity index (χ3v) is 3.17. The van der Waals surface area contributed by atoms with Gasteiger partial charge >= 0.3 is 0 Å². The SMILES string of the molecule is CN1CCN(Nc2nnc(C(C)(C)C)c(=O)[nH]2)CC1. The Morgan fingerprint density at radius 3 is 2.32 bits per heavy atom. The van der Waals surface area contributed by atoms with Crippen LogP contribution in [0.1, 0.15) is 26.5 Å². The molecule has 7 heteroatoms. The molecule has 1 aliphatic rings. The van der Waals surface area contributed by atoms with Crippen LogP contribution in [-0.2, 0) is 5.41 Å². The molecule has 2 rings (SSSR count). The van der Waals surface area contributed by atoms with Crippen molar-refractivity contribution in [3.63, 3.8) is 0 Å². The monoisotopic (exact) mass is 266 g/mol. The summed E-state index contributed by atoms with van der Waals surface area (Å²) in [6.45, 7) is 9.59. The van der Waals surface area contributed by atoms with E-state index in [0.29, 0.717) is 11.6 Å². The maximum atomic E-state index is 12.0. The fourth-order valence-electron chi connectivity index (χ4n) is 1.95. The van der Waals surface area contributed by atoms with Crippen molar-refractivity contribution >= 4 is 5.95 Å². The highest BCUT2D eigenvalue weighted by atomic mass is 16.1. The van der Waals surface area contributed by atoms with Gasteiger partial charge in [-0.15, -0.1) is 10.2 Å². The van der Waals surface area contributed by atoms with Crippen LogP contribution in [0.2, 0.25) is 0 Å². The highest BCUT2D eigenvalue weighted by molar-refractivity contribution is 5.21. The van der Waals surface area contributed by atoms with Crippen LogP contribution in [0, 0.1) is 0 Å². The number of nitrogens with zero attached hydrogens (tertiary/aromatic N) is 4. The van der Waals surface area contributed by atoms with Gasteiger partial charge < -0.3 is 4.90 Å². The summed E-state index contributed by atoms with van der Waals surface area (Å²) in [5, 5.41) is 10.1. The first-order chi connectivity index (χ1) is 8.86. The molecule has 0 aliphatic carbocycles. The van der Waals surface area contributed by atoms with Crippen LogP contribution in [-0.4, -0.2) is 58.3 Å². The lowest BCUT2D eigenvalue weighted by Crippen LogP contribution is -2.47. The van der Waals surface area contributed by atoms with Gasteiger partial charge in [0.25, 0.3) is 5.56 Å². The molecule has 106 valence electrons. The normalized spacial score (nSPS) is 18.5. The van der Waals surface area contributed by atoms with Gasteiger partial charge in [0.15, 0.2) is 0 Å². The van der Waals surface area contributed by atoms with E-state index in [4.69, 9.17) is 0 Å². The van der Waals surface area contributed by atoms with E-state index >= 15 is 0 Å². The number of hydrogen-bond acceptors (Lipinski definition) is 6. The standard InChI is InChI=1S/C12H22N6O/c1-12(2,3)9-10(19)13-11(15-14-9)16-18-7-5-17(4)6-8-18/h5-8H2,1-4H3,(H2,13,15,16,19). The number of hydrazine groups is 1. The first-order valence-electron chi connectivity index (χ1n) is 6.54. The minimum atomic E-state index is -0.299. The highest BCUT2D eigenvalue weighted by Crippen LogP contribution is 2.15. The second-order valence-corrected chi connectivity index (χ2v) is 6.00. The summed E-state index contributed by atoms with van der Waals surface area (Å²) in [5.41, 5.74) is 3.07. The van der Waals surface area contributed by atoms with Crippen LogP contribution < -0.4 is 11.0 Å². The van der Waals surface area contributed by atoms with Crippen molar-refractivity contribution in [2.45, 2.75) is 26.2 Å². The Hall–Kier alpha value is -1.47. The summed E-state index contributed by atoms with van der Waals surface area (Å²) in [6.07, 6.45) is 0. The first-order valence-corrected chi connectivity index (χ1v) is 6.54. The van der Waals surface area contributed by atoms with E-state index < -0.39 is 0 Å². The molecule has 2 N–H and O–H groups in total. The zero-order valence-electron chi connectivity index (χ0n) is 12.0. The number of piperazine rings is 1. The van der Waals surface area contributed by atoms with E-state index in [1.54, 1.807) is 0 Å². The lowest BCUT2D eigenvalue weighted by Gasteiger charge is -2.32. The van der Waals surface area contributed by atoms with Gasteiger partial charge in [0.2, 0.25) is 5.95 Å². The molecule has 1 aliphatic heterocycles. The average molecular weight is 266 g/mol. The van der Waals surface area contributed by atoms with Crippen molar-refractivity contribution in [3.05, 3.63) is 16.0 Å². The van der Waals surface area contributed by atoms with Crippen molar-refractivity contribution in [1.29, 1.82) is 0 Å². The fourth-order valence-corrected chi connectivity index (χ4v) is 1.95. The molecule has 0 amide bonds. The number of aromatic nitrogens is 3. The minimum absolute atomic E-state index is 0.181. The van der Waals surface area contributed by atoms with Gasteiger partial charge in [-0.05, 0) is 7.05 Å². The van der Waals surface area contributed by atoms with Crippen LogP contribution in [0.15, 0.2) is 4.79 Å². The molecule has 19 heavy (non-hydrogen) atoms. The summed E-state index contributed by atoms with van der Waals surface area (Å²) >= 11 is 0. The molecule has 0 atom stereocenters. The third-order valence-electron chi connectivity index (χ3n) is 3.17. The van der Waals surface area contributed by atoms with Crippen LogP contribution in [0.4, 0.5) is 5.95 Å². The molecule has 1 fully saturated rings. The molecule has 0 spiro atoms. The second-order valence-electron chi connectivity index (χ2n) is 6.00. The number of hydrogen-bond donors (Lipinski definition) is 2. The van der Waals surface area contributed by atoms with Crippen molar-refractivity contribution in [3.8, 4) is 0 Å². The lowest BCUT2D eigenvalue weighted by atomic mass is 9.93. The van der Waals surface area contributed by atoms with Gasteiger partial charge in [-0.2, -0.15) is 0 Å². The Labute approximate surface area is 113 Å². The molecule has 2 heterocycles. The first kappa shape index (κ1) is 14.0. The van der Waals surface area contributed by atoms with E-state index in [1.165, 1.54) is 0 Å². The molecule has 0 bridgehead atoms. The smallest absolute Gasteiger partial charge is 0.274 e. The maximum Gasteiger partial charge on any atom is 0.274 e. The van der Waals surface area contributed by atoms with Crippen LogP contribution in [0.5, 0.6) is 0 Å². The predicted octanol–water partition coefficient (Wildman–Crippen LogP) is 0.0367. The second kappa shape index (κ2) is 5.26.